The second kappa shape index (κ2) is 5.26. The Bertz CT molecular complexity index is 994. The van der Waals surface area contributed by atoms with Crippen LogP contribution in [-0.4, -0.2) is 17.4 Å². The number of benzene rings is 2. The number of nitrogens with zero attached hydrogens (tertiary/aromatic N) is 2. The monoisotopic (exact) mass is 354 g/mol. The van der Waals surface area contributed by atoms with E-state index in [4.69, 9.17) is 23.2 Å². The van der Waals surface area contributed by atoms with Gasteiger partial charge < -0.3 is 0 Å². The lowest BCUT2D eigenvalue weighted by atomic mass is 10.2. The van der Waals surface area contributed by atoms with Gasteiger partial charge in [0.25, 0.3) is 10.0 Å². The van der Waals surface area contributed by atoms with Crippen LogP contribution in [0.25, 0.3) is 11.0 Å². The molecule has 0 amide bonds. The molecule has 0 spiro atoms. The molecule has 0 fully saturated rings. The molecule has 0 saturated carbocycles. The van der Waals surface area contributed by atoms with Crippen molar-refractivity contribution in [1.82, 2.24) is 8.96 Å². The summed E-state index contributed by atoms with van der Waals surface area (Å²) in [5.41, 5.74) is 1.67. The fraction of sp³-hybridized carbons (Fsp3) is 0.133. The fourth-order valence-electron chi connectivity index (χ4n) is 2.36. The van der Waals surface area contributed by atoms with Crippen LogP contribution in [0.2, 0.25) is 10.0 Å². The van der Waals surface area contributed by atoms with Gasteiger partial charge in [-0.1, -0.05) is 35.3 Å². The van der Waals surface area contributed by atoms with Gasteiger partial charge in [-0.25, -0.2) is 17.4 Å². The Labute approximate surface area is 138 Å². The maximum absolute atomic E-state index is 13.0. The van der Waals surface area contributed by atoms with Crippen LogP contribution < -0.4 is 0 Å². The van der Waals surface area contributed by atoms with Crippen molar-refractivity contribution in [2.24, 2.45) is 0 Å². The first kappa shape index (κ1) is 15.3. The van der Waals surface area contributed by atoms with Gasteiger partial charge in [-0.15, -0.1) is 0 Å². The summed E-state index contributed by atoms with van der Waals surface area (Å²) in [4.78, 5) is 4.31. The van der Waals surface area contributed by atoms with Crippen molar-refractivity contribution >= 4 is 44.3 Å². The molecule has 3 rings (SSSR count). The summed E-state index contributed by atoms with van der Waals surface area (Å²) < 4.78 is 27.2. The molecule has 0 aliphatic rings. The maximum Gasteiger partial charge on any atom is 0.271 e. The lowest BCUT2D eigenvalue weighted by molar-refractivity contribution is 0.587. The van der Waals surface area contributed by atoms with E-state index in [0.717, 1.165) is 0 Å². The van der Waals surface area contributed by atoms with Gasteiger partial charge in [-0.05, 0) is 43.7 Å². The van der Waals surface area contributed by atoms with Crippen LogP contribution in [0, 0.1) is 13.8 Å². The van der Waals surface area contributed by atoms with Crippen LogP contribution in [0.3, 0.4) is 0 Å². The van der Waals surface area contributed by atoms with E-state index >= 15 is 0 Å². The minimum absolute atomic E-state index is 0.0160. The molecule has 0 aliphatic heterocycles. The Morgan fingerprint density at radius 3 is 2.45 bits per heavy atom. The van der Waals surface area contributed by atoms with Crippen molar-refractivity contribution in [3.05, 3.63) is 57.8 Å². The van der Waals surface area contributed by atoms with Gasteiger partial charge in [-0.3, -0.25) is 0 Å². The van der Waals surface area contributed by atoms with Gasteiger partial charge in [0, 0.05) is 5.02 Å². The number of hydrogen-bond donors (Lipinski definition) is 0. The highest BCUT2D eigenvalue weighted by Gasteiger charge is 2.26. The molecular weight excluding hydrogens is 343 g/mol. The third-order valence-electron chi connectivity index (χ3n) is 3.48. The van der Waals surface area contributed by atoms with E-state index in [2.05, 4.69) is 4.98 Å². The van der Waals surface area contributed by atoms with Crippen LogP contribution in [0.15, 0.2) is 41.3 Å². The van der Waals surface area contributed by atoms with Crippen molar-refractivity contribution in [2.45, 2.75) is 18.7 Å². The Balaban J connectivity index is 2.35. The van der Waals surface area contributed by atoms with E-state index in [1.54, 1.807) is 32.0 Å². The second-order valence-corrected chi connectivity index (χ2v) is 7.44. The number of halogens is 2. The first-order chi connectivity index (χ1) is 10.3. The molecule has 4 nitrogen and oxygen atoms in total. The Morgan fingerprint density at radius 2 is 1.73 bits per heavy atom. The van der Waals surface area contributed by atoms with Crippen LogP contribution in [0.1, 0.15) is 11.4 Å². The molecule has 0 N–H and O–H groups in total. The highest BCUT2D eigenvalue weighted by molar-refractivity contribution is 7.90. The SMILES string of the molecule is Cc1c(Cl)ccc(S(=O)(=O)n2c(C)nc3ccccc32)c1Cl. The van der Waals surface area contributed by atoms with Gasteiger partial charge in [0.2, 0.25) is 0 Å². The minimum Gasteiger partial charge on any atom is -0.232 e. The largest absolute Gasteiger partial charge is 0.271 e. The van der Waals surface area contributed by atoms with Crippen molar-refractivity contribution < 1.29 is 8.42 Å². The number of aryl methyl sites for hydroxylation is 1. The van der Waals surface area contributed by atoms with Crippen molar-refractivity contribution in [3.8, 4) is 0 Å². The summed E-state index contributed by atoms with van der Waals surface area (Å²) in [5.74, 6) is 0.380. The fourth-order valence-corrected chi connectivity index (χ4v) is 4.64. The molecule has 0 aliphatic carbocycles. The van der Waals surface area contributed by atoms with Crippen LogP contribution in [-0.2, 0) is 10.0 Å². The van der Waals surface area contributed by atoms with E-state index in [9.17, 15) is 8.42 Å². The van der Waals surface area contributed by atoms with E-state index < -0.39 is 10.0 Å². The molecule has 0 radical (unpaired) electrons. The molecule has 0 bridgehead atoms. The number of imidazole rings is 1. The van der Waals surface area contributed by atoms with Crippen LogP contribution in [0.4, 0.5) is 0 Å². The molecule has 3 aromatic rings. The van der Waals surface area contributed by atoms with Gasteiger partial charge in [0.15, 0.2) is 0 Å². The zero-order valence-electron chi connectivity index (χ0n) is 11.8. The Kier molecular flexibility index (Phi) is 3.67. The van der Waals surface area contributed by atoms with Crippen molar-refractivity contribution in [2.75, 3.05) is 0 Å². The van der Waals surface area contributed by atoms with E-state index in [0.29, 0.717) is 27.4 Å². The number of aromatic nitrogens is 2. The average Bonchev–Trinajstić information content (AvgIpc) is 2.80. The predicted octanol–water partition coefficient (Wildman–Crippen LogP) is 4.20. The van der Waals surface area contributed by atoms with E-state index in [1.165, 1.54) is 16.1 Å². The average molecular weight is 355 g/mol. The molecule has 0 saturated heterocycles. The highest BCUT2D eigenvalue weighted by atomic mass is 35.5. The number of rotatable bonds is 2. The summed E-state index contributed by atoms with van der Waals surface area (Å²) in [6.07, 6.45) is 0. The number of hydrogen-bond acceptors (Lipinski definition) is 3. The second-order valence-electron chi connectivity index (χ2n) is 4.90. The van der Waals surface area contributed by atoms with Crippen LogP contribution in [0.5, 0.6) is 0 Å². The minimum atomic E-state index is -3.86. The smallest absolute Gasteiger partial charge is 0.232 e. The topological polar surface area (TPSA) is 52.0 Å². The number of para-hydroxylation sites is 2. The highest BCUT2D eigenvalue weighted by Crippen LogP contribution is 2.33. The van der Waals surface area contributed by atoms with Crippen LogP contribution >= 0.6 is 23.2 Å². The molecule has 0 atom stereocenters. The molecule has 2 aromatic carbocycles. The normalized spacial score (nSPS) is 12.0. The Hall–Kier alpha value is -1.56. The quantitative estimate of drug-likeness (QED) is 0.692. The standard InChI is InChI=1S/C15H12Cl2N2O2S/c1-9-11(16)7-8-14(15(9)17)22(20,21)19-10(2)18-12-5-3-4-6-13(12)19/h3-8H,1-2H3. The lowest BCUT2D eigenvalue weighted by Crippen LogP contribution is -2.15. The van der Waals surface area contributed by atoms with E-state index in [-0.39, 0.29) is 9.92 Å². The third kappa shape index (κ3) is 2.20. The zero-order chi connectivity index (χ0) is 16.1. The lowest BCUT2D eigenvalue weighted by Gasteiger charge is -2.12. The maximum atomic E-state index is 13.0. The van der Waals surface area contributed by atoms with Crippen molar-refractivity contribution in [1.29, 1.82) is 0 Å². The van der Waals surface area contributed by atoms with Gasteiger partial charge in [0.05, 0.1) is 16.1 Å². The first-order valence-electron chi connectivity index (χ1n) is 6.48. The molecule has 114 valence electrons. The molecular formula is C15H12Cl2N2O2S. The summed E-state index contributed by atoms with van der Waals surface area (Å²) in [7, 11) is -3.86. The Morgan fingerprint density at radius 1 is 1.05 bits per heavy atom. The number of fused-ring (bicyclic) bond motifs is 1. The summed E-state index contributed by atoms with van der Waals surface area (Å²) in [5, 5.41) is 0.556. The summed E-state index contributed by atoms with van der Waals surface area (Å²) >= 11 is 12.2. The summed E-state index contributed by atoms with van der Waals surface area (Å²) in [6, 6.07) is 10.0. The predicted molar refractivity (Wildman–Crippen MR) is 88.3 cm³/mol. The molecule has 1 aromatic heterocycles. The first-order valence-corrected chi connectivity index (χ1v) is 8.68. The molecule has 22 heavy (non-hydrogen) atoms. The molecule has 0 unspecified atom stereocenters. The summed E-state index contributed by atoms with van der Waals surface area (Å²) in [6.45, 7) is 3.33. The molecule has 7 heteroatoms. The van der Waals surface area contributed by atoms with Crippen molar-refractivity contribution in [3.63, 3.8) is 0 Å². The third-order valence-corrected chi connectivity index (χ3v) is 6.33. The van der Waals surface area contributed by atoms with E-state index in [1.807, 2.05) is 6.07 Å². The van der Waals surface area contributed by atoms with Gasteiger partial charge >= 0.3 is 0 Å². The van der Waals surface area contributed by atoms with Gasteiger partial charge in [0.1, 0.15) is 10.7 Å². The molecule has 1 heterocycles. The van der Waals surface area contributed by atoms with Gasteiger partial charge in [-0.2, -0.15) is 0 Å². The zero-order valence-corrected chi connectivity index (χ0v) is 14.2.